The first-order valence-corrected chi connectivity index (χ1v) is 4.16. The molecule has 1 atom stereocenters. The minimum atomic E-state index is -0.287. The van der Waals surface area contributed by atoms with Crippen molar-refractivity contribution in [3.63, 3.8) is 0 Å². The van der Waals surface area contributed by atoms with Crippen LogP contribution in [0.4, 0.5) is 0 Å². The molecule has 0 radical (unpaired) electrons. The van der Waals surface area contributed by atoms with E-state index in [0.717, 1.165) is 11.3 Å². The molecule has 3 heteroatoms. The minimum Gasteiger partial charge on any atom is -0.476 e. The van der Waals surface area contributed by atoms with Crippen LogP contribution in [0.15, 0.2) is 18.2 Å². The van der Waals surface area contributed by atoms with Gasteiger partial charge in [-0.2, -0.15) is 0 Å². The van der Waals surface area contributed by atoms with Crippen molar-refractivity contribution in [2.24, 2.45) is 5.73 Å². The molecule has 2 nitrogen and oxygen atoms in total. The van der Waals surface area contributed by atoms with Gasteiger partial charge in [0.1, 0.15) is 12.0 Å². The van der Waals surface area contributed by atoms with Crippen LogP contribution in [0.1, 0.15) is 12.5 Å². The second-order valence-electron chi connectivity index (χ2n) is 2.73. The molecule has 0 bridgehead atoms. The third-order valence-corrected chi connectivity index (χ3v) is 1.68. The van der Waals surface area contributed by atoms with Gasteiger partial charge in [-0.1, -0.05) is 11.6 Å². The van der Waals surface area contributed by atoms with Crippen LogP contribution in [-0.4, -0.2) is 6.23 Å². The summed E-state index contributed by atoms with van der Waals surface area (Å²) < 4.78 is 5.32. The van der Waals surface area contributed by atoms with Gasteiger partial charge in [-0.05, 0) is 37.6 Å². The summed E-state index contributed by atoms with van der Waals surface area (Å²) in [6, 6.07) is 5.45. The van der Waals surface area contributed by atoms with Crippen molar-refractivity contribution >= 4 is 11.6 Å². The Bertz CT molecular complexity index is 273. The molecule has 2 N–H and O–H groups in total. The smallest absolute Gasteiger partial charge is 0.144 e. The molecule has 0 saturated heterocycles. The van der Waals surface area contributed by atoms with Gasteiger partial charge in [-0.25, -0.2) is 0 Å². The van der Waals surface area contributed by atoms with Crippen molar-refractivity contribution in [1.29, 1.82) is 0 Å². The number of ether oxygens (including phenoxy) is 1. The molecule has 66 valence electrons. The normalized spacial score (nSPS) is 12.7. The Morgan fingerprint density at radius 2 is 2.17 bits per heavy atom. The fourth-order valence-corrected chi connectivity index (χ4v) is 1.17. The van der Waals surface area contributed by atoms with E-state index in [-0.39, 0.29) is 6.23 Å². The van der Waals surface area contributed by atoms with Crippen LogP contribution >= 0.6 is 11.6 Å². The molecule has 0 aliphatic heterocycles. The zero-order chi connectivity index (χ0) is 9.14. The van der Waals surface area contributed by atoms with Gasteiger partial charge in [-0.3, -0.25) is 5.73 Å². The first kappa shape index (κ1) is 9.36. The Labute approximate surface area is 77.3 Å². The summed E-state index contributed by atoms with van der Waals surface area (Å²) in [5, 5.41) is 0.713. The van der Waals surface area contributed by atoms with E-state index in [1.165, 1.54) is 0 Å². The van der Waals surface area contributed by atoms with Crippen molar-refractivity contribution in [1.82, 2.24) is 0 Å². The quantitative estimate of drug-likeness (QED) is 0.718. The van der Waals surface area contributed by atoms with E-state index in [2.05, 4.69) is 0 Å². The Balaban J connectivity index is 2.86. The third-order valence-electron chi connectivity index (χ3n) is 1.45. The summed E-state index contributed by atoms with van der Waals surface area (Å²) in [6.07, 6.45) is -0.287. The zero-order valence-electron chi connectivity index (χ0n) is 7.17. The summed E-state index contributed by atoms with van der Waals surface area (Å²) >= 11 is 5.77. The molecular formula is C9H12ClNO. The molecule has 0 aliphatic carbocycles. The maximum atomic E-state index is 5.77. The second kappa shape index (κ2) is 3.78. The van der Waals surface area contributed by atoms with Crippen molar-refractivity contribution < 1.29 is 4.74 Å². The first-order valence-electron chi connectivity index (χ1n) is 3.78. The molecule has 0 spiro atoms. The van der Waals surface area contributed by atoms with Gasteiger partial charge in [0.05, 0.1) is 0 Å². The maximum Gasteiger partial charge on any atom is 0.144 e. The van der Waals surface area contributed by atoms with Gasteiger partial charge >= 0.3 is 0 Å². The zero-order valence-corrected chi connectivity index (χ0v) is 7.93. The summed E-state index contributed by atoms with van der Waals surface area (Å²) in [4.78, 5) is 0. The fraction of sp³-hybridized carbons (Fsp3) is 0.333. The lowest BCUT2D eigenvalue weighted by molar-refractivity contribution is 0.228. The van der Waals surface area contributed by atoms with Crippen molar-refractivity contribution in [2.75, 3.05) is 0 Å². The van der Waals surface area contributed by atoms with E-state index < -0.39 is 0 Å². The highest BCUT2D eigenvalue weighted by Crippen LogP contribution is 2.21. The monoisotopic (exact) mass is 185 g/mol. The molecule has 0 aliphatic rings. The van der Waals surface area contributed by atoms with E-state index in [0.29, 0.717) is 5.02 Å². The molecule has 0 amide bonds. The van der Waals surface area contributed by atoms with E-state index >= 15 is 0 Å². The molecule has 0 saturated carbocycles. The van der Waals surface area contributed by atoms with Crippen molar-refractivity contribution in [2.45, 2.75) is 20.1 Å². The lowest BCUT2D eigenvalue weighted by Gasteiger charge is -2.11. The number of hydrogen-bond acceptors (Lipinski definition) is 2. The van der Waals surface area contributed by atoms with E-state index in [9.17, 15) is 0 Å². The second-order valence-corrected chi connectivity index (χ2v) is 3.17. The van der Waals surface area contributed by atoms with Crippen molar-refractivity contribution in [3.05, 3.63) is 28.8 Å². The first-order chi connectivity index (χ1) is 5.59. The fourth-order valence-electron chi connectivity index (χ4n) is 0.945. The molecule has 0 heterocycles. The molecule has 1 unspecified atom stereocenters. The van der Waals surface area contributed by atoms with Gasteiger partial charge in [0.15, 0.2) is 0 Å². The molecule has 0 aromatic heterocycles. The van der Waals surface area contributed by atoms with Crippen LogP contribution in [0.25, 0.3) is 0 Å². The van der Waals surface area contributed by atoms with Crippen LogP contribution in [0.3, 0.4) is 0 Å². The highest BCUT2D eigenvalue weighted by Gasteiger charge is 2.01. The molecule has 1 rings (SSSR count). The topological polar surface area (TPSA) is 35.2 Å². The average molecular weight is 186 g/mol. The molecule has 0 fully saturated rings. The van der Waals surface area contributed by atoms with Gasteiger partial charge in [0.25, 0.3) is 0 Å². The Morgan fingerprint density at radius 1 is 1.50 bits per heavy atom. The highest BCUT2D eigenvalue weighted by atomic mass is 35.5. The number of benzene rings is 1. The Kier molecular flexibility index (Phi) is 2.95. The Hall–Kier alpha value is -0.730. The number of hydrogen-bond donors (Lipinski definition) is 1. The van der Waals surface area contributed by atoms with Gasteiger partial charge in [-0.15, -0.1) is 0 Å². The average Bonchev–Trinajstić information content (AvgIpc) is 1.94. The largest absolute Gasteiger partial charge is 0.476 e. The van der Waals surface area contributed by atoms with Gasteiger partial charge in [0, 0.05) is 5.02 Å². The number of rotatable bonds is 2. The summed E-state index contributed by atoms with van der Waals surface area (Å²) in [5.41, 5.74) is 6.48. The van der Waals surface area contributed by atoms with Crippen LogP contribution < -0.4 is 10.5 Å². The van der Waals surface area contributed by atoms with Crippen LogP contribution in [0, 0.1) is 6.92 Å². The number of aryl methyl sites for hydroxylation is 1. The standard InChI is InChI=1S/C9H12ClNO/c1-6-5-8(10)3-4-9(6)12-7(2)11/h3-5,7H,11H2,1-2H3. The van der Waals surface area contributed by atoms with Gasteiger partial charge < -0.3 is 4.74 Å². The lowest BCUT2D eigenvalue weighted by atomic mass is 10.2. The molecule has 12 heavy (non-hydrogen) atoms. The lowest BCUT2D eigenvalue weighted by Crippen LogP contribution is -2.22. The van der Waals surface area contributed by atoms with Crippen LogP contribution in [-0.2, 0) is 0 Å². The molecule has 1 aromatic carbocycles. The molecular weight excluding hydrogens is 174 g/mol. The third kappa shape index (κ3) is 2.40. The van der Waals surface area contributed by atoms with E-state index in [1.807, 2.05) is 19.1 Å². The van der Waals surface area contributed by atoms with Crippen molar-refractivity contribution in [3.8, 4) is 5.75 Å². The maximum absolute atomic E-state index is 5.77. The summed E-state index contributed by atoms with van der Waals surface area (Å²) in [6.45, 7) is 3.72. The van der Waals surface area contributed by atoms with E-state index in [4.69, 9.17) is 22.1 Å². The van der Waals surface area contributed by atoms with Crippen LogP contribution in [0.2, 0.25) is 5.02 Å². The minimum absolute atomic E-state index is 0.287. The summed E-state index contributed by atoms with van der Waals surface area (Å²) in [5.74, 6) is 0.786. The molecule has 1 aromatic rings. The highest BCUT2D eigenvalue weighted by molar-refractivity contribution is 6.30. The summed E-state index contributed by atoms with van der Waals surface area (Å²) in [7, 11) is 0. The van der Waals surface area contributed by atoms with Gasteiger partial charge in [0.2, 0.25) is 0 Å². The number of nitrogens with two attached hydrogens (primary N) is 1. The Morgan fingerprint density at radius 3 is 2.67 bits per heavy atom. The SMILES string of the molecule is Cc1cc(Cl)ccc1OC(C)N. The number of halogens is 1. The predicted octanol–water partition coefficient (Wildman–Crippen LogP) is 2.33. The van der Waals surface area contributed by atoms with E-state index in [1.54, 1.807) is 13.0 Å². The van der Waals surface area contributed by atoms with Crippen LogP contribution in [0.5, 0.6) is 5.75 Å². The predicted molar refractivity (Wildman–Crippen MR) is 50.5 cm³/mol.